The van der Waals surface area contributed by atoms with Gasteiger partial charge in [0.2, 0.25) is 0 Å². The predicted molar refractivity (Wildman–Crippen MR) is 75.6 cm³/mol. The second-order valence-electron chi connectivity index (χ2n) is 4.35. The molecule has 0 N–H and O–H groups in total. The van der Waals surface area contributed by atoms with Crippen molar-refractivity contribution in [2.45, 2.75) is 0 Å². The molecule has 0 fully saturated rings. The molecule has 0 radical (unpaired) electrons. The van der Waals surface area contributed by atoms with E-state index < -0.39 is 0 Å². The number of carbonyl (C=O) groups is 2. The van der Waals surface area contributed by atoms with Crippen molar-refractivity contribution in [2.24, 2.45) is 0 Å². The van der Waals surface area contributed by atoms with Crippen molar-refractivity contribution < 1.29 is 9.59 Å². The van der Waals surface area contributed by atoms with E-state index in [4.69, 9.17) is 0 Å². The Bertz CT molecular complexity index is 647. The van der Waals surface area contributed by atoms with Crippen molar-refractivity contribution in [1.29, 1.82) is 0 Å². The first-order chi connectivity index (χ1) is 8.59. The summed E-state index contributed by atoms with van der Waals surface area (Å²) in [5.74, 6) is -0.156. The zero-order chi connectivity index (χ0) is 12.9. The number of benzene rings is 2. The number of hydrogen-bond acceptors (Lipinski definition) is 2. The molecule has 0 atom stereocenters. The fourth-order valence-corrected chi connectivity index (χ4v) is 2.57. The number of hydrogen-bond donors (Lipinski definition) is 0. The maximum Gasteiger partial charge on any atom is 0.194 e. The van der Waals surface area contributed by atoms with Crippen LogP contribution in [0.5, 0.6) is 0 Å². The van der Waals surface area contributed by atoms with Crippen LogP contribution in [0.2, 0.25) is 0 Å². The van der Waals surface area contributed by atoms with Gasteiger partial charge in [0.05, 0.1) is 0 Å². The molecule has 1 aliphatic rings. The second kappa shape index (κ2) is 3.92. The zero-order valence-corrected chi connectivity index (χ0v) is 11.2. The normalized spacial score (nSPS) is 13.2. The van der Waals surface area contributed by atoms with Crippen LogP contribution in [0.3, 0.4) is 0 Å². The van der Waals surface area contributed by atoms with E-state index in [-0.39, 0.29) is 11.6 Å². The van der Waals surface area contributed by atoms with Gasteiger partial charge in [-0.15, -0.1) is 0 Å². The molecule has 0 heterocycles. The van der Waals surface area contributed by atoms with Crippen LogP contribution in [0.15, 0.2) is 40.9 Å². The first-order valence-electron chi connectivity index (χ1n) is 5.58. The highest BCUT2D eigenvalue weighted by Gasteiger charge is 2.29. The second-order valence-corrected chi connectivity index (χ2v) is 5.21. The number of rotatable bonds is 0. The Morgan fingerprint density at radius 3 is 1.89 bits per heavy atom. The average molecular weight is 299 g/mol. The Hall–Kier alpha value is -1.68. The summed E-state index contributed by atoms with van der Waals surface area (Å²) in [5.41, 5.74) is 2.92. The molecule has 1 aliphatic carbocycles. The van der Waals surface area contributed by atoms with Gasteiger partial charge in [-0.2, -0.15) is 0 Å². The fourth-order valence-electron chi connectivity index (χ4n) is 2.23. The van der Waals surface area contributed by atoms with Crippen LogP contribution in [0.4, 0.5) is 0 Å². The molecule has 0 aromatic heterocycles. The lowest BCUT2D eigenvalue weighted by molar-refractivity contribution is 0.0979. The number of ketones is 2. The van der Waals surface area contributed by atoms with Gasteiger partial charge < -0.3 is 0 Å². The van der Waals surface area contributed by atoms with Gasteiger partial charge in [0.1, 0.15) is 7.85 Å². The Balaban J connectivity index is 2.34. The summed E-state index contributed by atoms with van der Waals surface area (Å²) in [5, 5.41) is 0. The maximum atomic E-state index is 12.3. The third-order valence-electron chi connectivity index (χ3n) is 3.20. The first kappa shape index (κ1) is 11.4. The van der Waals surface area contributed by atoms with Gasteiger partial charge in [-0.1, -0.05) is 51.7 Å². The van der Waals surface area contributed by atoms with Crippen molar-refractivity contribution in [3.05, 3.63) is 63.1 Å². The molecule has 3 rings (SSSR count). The van der Waals surface area contributed by atoms with Crippen LogP contribution >= 0.6 is 15.9 Å². The van der Waals surface area contributed by atoms with E-state index in [0.717, 1.165) is 9.94 Å². The summed E-state index contributed by atoms with van der Waals surface area (Å²) in [6.45, 7) is 0. The van der Waals surface area contributed by atoms with Crippen molar-refractivity contribution in [2.75, 3.05) is 0 Å². The van der Waals surface area contributed by atoms with Gasteiger partial charge in [-0.05, 0) is 6.07 Å². The van der Waals surface area contributed by atoms with E-state index in [1.807, 2.05) is 7.85 Å². The third kappa shape index (κ3) is 1.49. The van der Waals surface area contributed by atoms with E-state index in [2.05, 4.69) is 15.9 Å². The molecule has 0 saturated heterocycles. The maximum absolute atomic E-state index is 12.3. The minimum absolute atomic E-state index is 0.0733. The van der Waals surface area contributed by atoms with Crippen LogP contribution in [0.25, 0.3) is 0 Å². The lowest BCUT2D eigenvalue weighted by Gasteiger charge is -2.18. The lowest BCUT2D eigenvalue weighted by Crippen LogP contribution is -2.23. The number of fused-ring (bicyclic) bond motifs is 2. The van der Waals surface area contributed by atoms with Gasteiger partial charge in [-0.3, -0.25) is 9.59 Å². The standard InChI is InChI=1S/C14H8BBrO2/c15-11-5-9-10(6-12(11)16)14(18)8-4-2-1-3-7(8)13(9)17/h1-6H,15H2. The molecule has 0 amide bonds. The Labute approximate surface area is 114 Å². The molecular weight excluding hydrogens is 291 g/mol. The van der Waals surface area contributed by atoms with E-state index in [1.54, 1.807) is 36.4 Å². The van der Waals surface area contributed by atoms with Crippen LogP contribution in [0.1, 0.15) is 31.8 Å². The smallest absolute Gasteiger partial charge is 0.194 e. The molecule has 0 bridgehead atoms. The van der Waals surface area contributed by atoms with Crippen molar-refractivity contribution in [3.63, 3.8) is 0 Å². The van der Waals surface area contributed by atoms with Crippen LogP contribution in [0, 0.1) is 0 Å². The average Bonchev–Trinajstić information content (AvgIpc) is 2.38. The molecule has 2 aromatic rings. The SMILES string of the molecule is Bc1cc2c(cc1Br)C(=O)c1ccccc1C2=O. The summed E-state index contributed by atoms with van der Waals surface area (Å²) >= 11 is 3.40. The highest BCUT2D eigenvalue weighted by Crippen LogP contribution is 2.28. The predicted octanol–water partition coefficient (Wildman–Crippen LogP) is 1.48. The quantitative estimate of drug-likeness (QED) is 0.589. The first-order valence-corrected chi connectivity index (χ1v) is 6.37. The summed E-state index contributed by atoms with van der Waals surface area (Å²) < 4.78 is 0.849. The number of halogens is 1. The largest absolute Gasteiger partial charge is 0.289 e. The van der Waals surface area contributed by atoms with Crippen molar-refractivity contribution in [3.8, 4) is 0 Å². The Morgan fingerprint density at radius 1 is 0.833 bits per heavy atom. The van der Waals surface area contributed by atoms with Gasteiger partial charge in [-0.25, -0.2) is 0 Å². The summed E-state index contributed by atoms with van der Waals surface area (Å²) in [7, 11) is 1.91. The van der Waals surface area contributed by atoms with Crippen molar-refractivity contribution >= 4 is 40.8 Å². The summed E-state index contributed by atoms with van der Waals surface area (Å²) in [6, 6.07) is 10.5. The minimum atomic E-state index is -0.0825. The highest BCUT2D eigenvalue weighted by atomic mass is 79.9. The third-order valence-corrected chi connectivity index (χ3v) is 4.06. The van der Waals surface area contributed by atoms with Crippen molar-refractivity contribution in [1.82, 2.24) is 0 Å². The number of carbonyl (C=O) groups excluding carboxylic acids is 2. The molecule has 4 heteroatoms. The van der Waals surface area contributed by atoms with Crippen LogP contribution in [-0.2, 0) is 0 Å². The summed E-state index contributed by atoms with van der Waals surface area (Å²) in [4.78, 5) is 24.7. The van der Waals surface area contributed by atoms with Gasteiger partial charge in [0.25, 0.3) is 0 Å². The topological polar surface area (TPSA) is 34.1 Å². The molecule has 2 aromatic carbocycles. The Kier molecular flexibility index (Phi) is 2.49. The molecule has 2 nitrogen and oxygen atoms in total. The van der Waals surface area contributed by atoms with Gasteiger partial charge in [0.15, 0.2) is 11.6 Å². The Morgan fingerprint density at radius 2 is 1.33 bits per heavy atom. The highest BCUT2D eigenvalue weighted by molar-refractivity contribution is 9.10. The zero-order valence-electron chi connectivity index (χ0n) is 9.66. The molecule has 18 heavy (non-hydrogen) atoms. The molecule has 0 unspecified atom stereocenters. The van der Waals surface area contributed by atoms with E-state index in [9.17, 15) is 9.59 Å². The van der Waals surface area contributed by atoms with Gasteiger partial charge in [0, 0.05) is 26.7 Å². The van der Waals surface area contributed by atoms with Crippen LogP contribution in [-0.4, -0.2) is 19.4 Å². The van der Waals surface area contributed by atoms with Crippen LogP contribution < -0.4 is 5.46 Å². The molecule has 0 spiro atoms. The van der Waals surface area contributed by atoms with Gasteiger partial charge >= 0.3 is 0 Å². The van der Waals surface area contributed by atoms with E-state index >= 15 is 0 Å². The van der Waals surface area contributed by atoms with E-state index in [0.29, 0.717) is 22.3 Å². The van der Waals surface area contributed by atoms with E-state index in [1.165, 1.54) is 0 Å². The molecule has 0 saturated carbocycles. The molecule has 0 aliphatic heterocycles. The minimum Gasteiger partial charge on any atom is -0.289 e. The molecule has 86 valence electrons. The monoisotopic (exact) mass is 298 g/mol. The molecular formula is C14H8BBrO2. The summed E-state index contributed by atoms with van der Waals surface area (Å²) in [6.07, 6.45) is 0. The lowest BCUT2D eigenvalue weighted by atomic mass is 9.81. The fraction of sp³-hybridized carbons (Fsp3) is 0.